The van der Waals surface area contributed by atoms with Crippen LogP contribution in [0.2, 0.25) is 0 Å². The number of amides is 1. The van der Waals surface area contributed by atoms with Crippen LogP contribution in [-0.2, 0) is 11.3 Å². The van der Waals surface area contributed by atoms with Gasteiger partial charge in [-0.3, -0.25) is 4.90 Å². The van der Waals surface area contributed by atoms with Crippen LogP contribution in [0.25, 0.3) is 0 Å². The van der Waals surface area contributed by atoms with E-state index in [0.29, 0.717) is 6.54 Å². The summed E-state index contributed by atoms with van der Waals surface area (Å²) in [4.78, 5) is 15.7. The van der Waals surface area contributed by atoms with Crippen LogP contribution in [0, 0.1) is 0 Å². The highest BCUT2D eigenvalue weighted by Crippen LogP contribution is 2.20. The molecule has 0 N–H and O–H groups in total. The average molecular weight is 262 g/mol. The Kier molecular flexibility index (Phi) is 4.43. The van der Waals surface area contributed by atoms with E-state index in [1.54, 1.807) is 0 Å². The standard InChI is InChI=1S/C15H22N2O2/c1-4-17-14(12(2)19-15(17)18)11-16(3)10-13-8-6-5-7-9-13/h5-9,12,14H,4,10-11H2,1-3H3. The number of cyclic esters (lactones) is 1. The van der Waals surface area contributed by atoms with Crippen molar-refractivity contribution < 1.29 is 9.53 Å². The number of nitrogens with zero attached hydrogens (tertiary/aromatic N) is 2. The molecule has 1 saturated heterocycles. The fraction of sp³-hybridized carbons (Fsp3) is 0.533. The monoisotopic (exact) mass is 262 g/mol. The Balaban J connectivity index is 1.94. The van der Waals surface area contributed by atoms with E-state index < -0.39 is 0 Å². The van der Waals surface area contributed by atoms with Crippen LogP contribution in [0.15, 0.2) is 30.3 Å². The lowest BCUT2D eigenvalue weighted by atomic mass is 10.1. The van der Waals surface area contributed by atoms with E-state index in [9.17, 15) is 4.79 Å². The Bertz CT molecular complexity index is 421. The number of hydrogen-bond acceptors (Lipinski definition) is 3. The van der Waals surface area contributed by atoms with E-state index in [2.05, 4.69) is 24.1 Å². The summed E-state index contributed by atoms with van der Waals surface area (Å²) in [6, 6.07) is 10.5. The molecular weight excluding hydrogens is 240 g/mol. The second-order valence-corrected chi connectivity index (χ2v) is 5.12. The predicted molar refractivity (Wildman–Crippen MR) is 74.9 cm³/mol. The number of hydrogen-bond donors (Lipinski definition) is 0. The molecule has 0 saturated carbocycles. The summed E-state index contributed by atoms with van der Waals surface area (Å²) < 4.78 is 5.29. The highest BCUT2D eigenvalue weighted by molar-refractivity contribution is 5.70. The van der Waals surface area contributed by atoms with Crippen molar-refractivity contribution in [3.63, 3.8) is 0 Å². The minimum atomic E-state index is -0.187. The van der Waals surface area contributed by atoms with E-state index in [1.807, 2.05) is 36.9 Å². The van der Waals surface area contributed by atoms with Crippen molar-refractivity contribution in [1.29, 1.82) is 0 Å². The first-order chi connectivity index (χ1) is 9.11. The molecule has 1 fully saturated rings. The van der Waals surface area contributed by atoms with Crippen molar-refractivity contribution in [3.8, 4) is 0 Å². The van der Waals surface area contributed by atoms with Crippen LogP contribution in [0.4, 0.5) is 4.79 Å². The molecule has 0 radical (unpaired) electrons. The van der Waals surface area contributed by atoms with Gasteiger partial charge < -0.3 is 9.64 Å². The third-order valence-corrected chi connectivity index (χ3v) is 3.60. The summed E-state index contributed by atoms with van der Waals surface area (Å²) in [5, 5.41) is 0. The number of carbonyl (C=O) groups is 1. The molecule has 1 amide bonds. The highest BCUT2D eigenvalue weighted by Gasteiger charge is 2.38. The normalized spacial score (nSPS) is 22.9. The summed E-state index contributed by atoms with van der Waals surface area (Å²) in [6.07, 6.45) is -0.223. The van der Waals surface area contributed by atoms with E-state index in [4.69, 9.17) is 4.74 Å². The Hall–Kier alpha value is -1.55. The molecule has 0 bridgehead atoms. The fourth-order valence-electron chi connectivity index (χ4n) is 2.58. The summed E-state index contributed by atoms with van der Waals surface area (Å²) in [6.45, 7) is 6.37. The fourth-order valence-corrected chi connectivity index (χ4v) is 2.58. The molecule has 4 nitrogen and oxygen atoms in total. The SMILES string of the molecule is CCN1C(=O)OC(C)C1CN(C)Cc1ccccc1. The van der Waals surface area contributed by atoms with Crippen molar-refractivity contribution in [1.82, 2.24) is 9.80 Å². The quantitative estimate of drug-likeness (QED) is 0.816. The van der Waals surface area contributed by atoms with Crippen molar-refractivity contribution in [3.05, 3.63) is 35.9 Å². The van der Waals surface area contributed by atoms with Gasteiger partial charge in [0.05, 0.1) is 6.04 Å². The van der Waals surface area contributed by atoms with Crippen LogP contribution >= 0.6 is 0 Å². The van der Waals surface area contributed by atoms with Gasteiger partial charge in [-0.1, -0.05) is 30.3 Å². The predicted octanol–water partition coefficient (Wildman–Crippen LogP) is 2.35. The third-order valence-electron chi connectivity index (χ3n) is 3.60. The molecule has 0 aromatic heterocycles. The molecule has 2 atom stereocenters. The summed E-state index contributed by atoms with van der Waals surface area (Å²) in [7, 11) is 2.08. The minimum absolute atomic E-state index is 0.0364. The number of benzene rings is 1. The van der Waals surface area contributed by atoms with Gasteiger partial charge in [-0.15, -0.1) is 0 Å². The number of rotatable bonds is 5. The molecule has 19 heavy (non-hydrogen) atoms. The Morgan fingerprint density at radius 2 is 2.00 bits per heavy atom. The van der Waals surface area contributed by atoms with Crippen LogP contribution in [0.5, 0.6) is 0 Å². The van der Waals surface area contributed by atoms with E-state index >= 15 is 0 Å². The second-order valence-electron chi connectivity index (χ2n) is 5.12. The first-order valence-corrected chi connectivity index (χ1v) is 6.81. The molecule has 1 heterocycles. The van der Waals surface area contributed by atoms with Crippen LogP contribution in [-0.4, -0.2) is 48.2 Å². The van der Waals surface area contributed by atoms with Gasteiger partial charge in [0.25, 0.3) is 0 Å². The maximum atomic E-state index is 11.7. The molecule has 1 aliphatic rings. The zero-order valence-electron chi connectivity index (χ0n) is 11.9. The Labute approximate surface area is 115 Å². The maximum absolute atomic E-state index is 11.7. The second kappa shape index (κ2) is 6.06. The topological polar surface area (TPSA) is 32.8 Å². The van der Waals surface area contributed by atoms with Crippen LogP contribution in [0.1, 0.15) is 19.4 Å². The van der Waals surface area contributed by atoms with Gasteiger partial charge in [-0.2, -0.15) is 0 Å². The first-order valence-electron chi connectivity index (χ1n) is 6.81. The van der Waals surface area contributed by atoms with Gasteiger partial charge in [0, 0.05) is 19.6 Å². The van der Waals surface area contributed by atoms with Gasteiger partial charge in [-0.25, -0.2) is 4.79 Å². The minimum Gasteiger partial charge on any atom is -0.444 e. The van der Waals surface area contributed by atoms with E-state index in [0.717, 1.165) is 13.1 Å². The lowest BCUT2D eigenvalue weighted by molar-refractivity contribution is 0.134. The van der Waals surface area contributed by atoms with Gasteiger partial charge >= 0.3 is 6.09 Å². The van der Waals surface area contributed by atoms with E-state index in [1.165, 1.54) is 5.56 Å². The molecule has 2 rings (SSSR count). The van der Waals surface area contributed by atoms with Crippen molar-refractivity contribution in [2.24, 2.45) is 0 Å². The zero-order valence-corrected chi connectivity index (χ0v) is 11.9. The highest BCUT2D eigenvalue weighted by atomic mass is 16.6. The number of carbonyl (C=O) groups excluding carboxylic acids is 1. The van der Waals surface area contributed by atoms with Gasteiger partial charge in [0.2, 0.25) is 0 Å². The average Bonchev–Trinajstić information content (AvgIpc) is 2.65. The molecule has 1 aromatic rings. The molecule has 0 spiro atoms. The number of ether oxygens (including phenoxy) is 1. The molecule has 1 aromatic carbocycles. The maximum Gasteiger partial charge on any atom is 0.410 e. The lowest BCUT2D eigenvalue weighted by Crippen LogP contribution is -2.43. The third kappa shape index (κ3) is 3.26. The molecular formula is C15H22N2O2. The molecule has 4 heteroatoms. The summed E-state index contributed by atoms with van der Waals surface area (Å²) in [5.41, 5.74) is 1.28. The van der Waals surface area contributed by atoms with Crippen molar-refractivity contribution >= 4 is 6.09 Å². The largest absolute Gasteiger partial charge is 0.444 e. The van der Waals surface area contributed by atoms with Crippen LogP contribution in [0.3, 0.4) is 0 Å². The molecule has 1 aliphatic heterocycles. The molecule has 2 unspecified atom stereocenters. The molecule has 104 valence electrons. The van der Waals surface area contributed by atoms with Crippen LogP contribution < -0.4 is 0 Å². The van der Waals surface area contributed by atoms with Gasteiger partial charge in [0.1, 0.15) is 6.10 Å². The number of likely N-dealkylation sites (N-methyl/N-ethyl adjacent to an activating group) is 2. The Morgan fingerprint density at radius 3 is 2.63 bits per heavy atom. The summed E-state index contributed by atoms with van der Waals surface area (Å²) >= 11 is 0. The summed E-state index contributed by atoms with van der Waals surface area (Å²) in [5.74, 6) is 0. The lowest BCUT2D eigenvalue weighted by Gasteiger charge is -2.27. The van der Waals surface area contributed by atoms with Gasteiger partial charge in [0.15, 0.2) is 0 Å². The van der Waals surface area contributed by atoms with Crippen molar-refractivity contribution in [2.45, 2.75) is 32.5 Å². The van der Waals surface area contributed by atoms with E-state index in [-0.39, 0.29) is 18.2 Å². The smallest absolute Gasteiger partial charge is 0.410 e. The van der Waals surface area contributed by atoms with Crippen molar-refractivity contribution in [2.75, 3.05) is 20.1 Å². The van der Waals surface area contributed by atoms with Gasteiger partial charge in [-0.05, 0) is 26.5 Å². The molecule has 0 aliphatic carbocycles. The first kappa shape index (κ1) is 13.9. The Morgan fingerprint density at radius 1 is 1.32 bits per heavy atom. The zero-order chi connectivity index (χ0) is 13.8.